The van der Waals surface area contributed by atoms with Crippen LogP contribution in [0.1, 0.15) is 41.5 Å². The quantitative estimate of drug-likeness (QED) is 0.761. The minimum atomic E-state index is -0.984. The van der Waals surface area contributed by atoms with Gasteiger partial charge in [0.2, 0.25) is 0 Å². The van der Waals surface area contributed by atoms with Gasteiger partial charge in [-0.05, 0) is 26.2 Å². The molecule has 0 saturated carbocycles. The van der Waals surface area contributed by atoms with E-state index in [0.29, 0.717) is 0 Å². The number of likely N-dealkylation sites (tertiary alicyclic amines) is 1. The molecule has 2 N–H and O–H groups in total. The van der Waals surface area contributed by atoms with Crippen molar-refractivity contribution < 1.29 is 24.3 Å². The lowest BCUT2D eigenvalue weighted by Gasteiger charge is -2.51. The van der Waals surface area contributed by atoms with Crippen LogP contribution >= 0.6 is 0 Å². The molecule has 1 saturated heterocycles. The van der Waals surface area contributed by atoms with Crippen LogP contribution in [0.3, 0.4) is 0 Å². The summed E-state index contributed by atoms with van der Waals surface area (Å²) in [6.45, 7) is 11.3. The highest BCUT2D eigenvalue weighted by molar-refractivity contribution is 5.67. The van der Waals surface area contributed by atoms with Crippen LogP contribution in [-0.2, 0) is 9.57 Å². The molecule has 2 atom stereocenters. The molecule has 7 nitrogen and oxygen atoms in total. The molecule has 1 fully saturated rings. The summed E-state index contributed by atoms with van der Waals surface area (Å²) >= 11 is 0. The van der Waals surface area contributed by atoms with Crippen molar-refractivity contribution in [3.8, 4) is 0 Å². The van der Waals surface area contributed by atoms with E-state index in [1.54, 1.807) is 20.8 Å². The van der Waals surface area contributed by atoms with Crippen LogP contribution in [-0.4, -0.2) is 46.5 Å². The van der Waals surface area contributed by atoms with Gasteiger partial charge in [0.15, 0.2) is 0 Å². The molecule has 0 aromatic carbocycles. The molecular weight excluding hydrogens is 264 g/mol. The average molecular weight is 288 g/mol. The van der Waals surface area contributed by atoms with Gasteiger partial charge in [-0.3, -0.25) is 9.74 Å². The molecule has 1 aliphatic rings. The Kier molecular flexibility index (Phi) is 4.53. The number of amides is 2. The Labute approximate surface area is 119 Å². The third kappa shape index (κ3) is 4.26. The molecule has 0 spiro atoms. The Morgan fingerprint density at radius 1 is 1.20 bits per heavy atom. The molecule has 1 aliphatic heterocycles. The highest BCUT2D eigenvalue weighted by Gasteiger charge is 2.50. The Bertz CT molecular complexity index is 383. The molecule has 20 heavy (non-hydrogen) atoms. The lowest BCUT2D eigenvalue weighted by atomic mass is 9.77. The third-order valence-corrected chi connectivity index (χ3v) is 2.89. The third-order valence-electron chi connectivity index (χ3n) is 2.89. The van der Waals surface area contributed by atoms with Gasteiger partial charge >= 0.3 is 12.2 Å². The fourth-order valence-corrected chi connectivity index (χ4v) is 2.22. The molecule has 1 rings (SSSR count). The van der Waals surface area contributed by atoms with Gasteiger partial charge in [-0.1, -0.05) is 20.8 Å². The van der Waals surface area contributed by atoms with Gasteiger partial charge in [0.25, 0.3) is 0 Å². The average Bonchev–Trinajstić information content (AvgIpc) is 2.08. The van der Waals surface area contributed by atoms with E-state index >= 15 is 0 Å². The number of carbonyl (C=O) groups excluding carboxylic acids is 1. The number of hydroxylamine groups is 1. The van der Waals surface area contributed by atoms with Gasteiger partial charge in [0, 0.05) is 0 Å². The van der Waals surface area contributed by atoms with Gasteiger partial charge in [0.1, 0.15) is 11.7 Å². The maximum absolute atomic E-state index is 11.5. The van der Waals surface area contributed by atoms with Crippen molar-refractivity contribution in [1.82, 2.24) is 10.4 Å². The molecule has 0 bridgehead atoms. The maximum Gasteiger partial charge on any atom is 0.431 e. The lowest BCUT2D eigenvalue weighted by Crippen LogP contribution is -2.68. The second kappa shape index (κ2) is 5.47. The standard InChI is InChI=1S/C13H24N2O5/c1-12(2,3)9-8(7-15(9)11(17)18)20-14-10(16)19-13(4,5)6/h8-9H,7H2,1-6H3,(H,14,16)(H,17,18). The van der Waals surface area contributed by atoms with Crippen molar-refractivity contribution in [2.75, 3.05) is 6.54 Å². The number of nitrogens with one attached hydrogen (secondary N) is 1. The number of ether oxygens (including phenoxy) is 1. The summed E-state index contributed by atoms with van der Waals surface area (Å²) in [5.41, 5.74) is 1.33. The van der Waals surface area contributed by atoms with Crippen LogP contribution in [0.15, 0.2) is 0 Å². The molecule has 2 amide bonds. The van der Waals surface area contributed by atoms with Crippen molar-refractivity contribution in [2.45, 2.75) is 59.3 Å². The van der Waals surface area contributed by atoms with Crippen molar-refractivity contribution in [3.63, 3.8) is 0 Å². The van der Waals surface area contributed by atoms with Crippen LogP contribution in [0.4, 0.5) is 9.59 Å². The zero-order chi connectivity index (χ0) is 15.7. The van der Waals surface area contributed by atoms with E-state index in [1.165, 1.54) is 4.90 Å². The molecule has 116 valence electrons. The molecular formula is C13H24N2O5. The van der Waals surface area contributed by atoms with Gasteiger partial charge in [-0.2, -0.15) is 5.48 Å². The van der Waals surface area contributed by atoms with Crippen LogP contribution in [0.25, 0.3) is 0 Å². The predicted octanol–water partition coefficient (Wildman–Crippen LogP) is 2.22. The number of carbonyl (C=O) groups is 2. The van der Waals surface area contributed by atoms with Crippen LogP contribution in [0.5, 0.6) is 0 Å². The predicted molar refractivity (Wildman–Crippen MR) is 72.2 cm³/mol. The Balaban J connectivity index is 2.53. The zero-order valence-electron chi connectivity index (χ0n) is 12.9. The van der Waals surface area contributed by atoms with Gasteiger partial charge < -0.3 is 9.84 Å². The van der Waals surface area contributed by atoms with Gasteiger partial charge in [0.05, 0.1) is 12.6 Å². The minimum Gasteiger partial charge on any atom is -0.465 e. The minimum absolute atomic E-state index is 0.229. The summed E-state index contributed by atoms with van der Waals surface area (Å²) in [5, 5.41) is 9.07. The first-order valence-corrected chi connectivity index (χ1v) is 6.56. The Morgan fingerprint density at radius 3 is 2.15 bits per heavy atom. The topological polar surface area (TPSA) is 88.1 Å². The van der Waals surface area contributed by atoms with Crippen LogP contribution < -0.4 is 5.48 Å². The number of nitrogens with zero attached hydrogens (tertiary/aromatic N) is 1. The molecule has 2 unspecified atom stereocenters. The monoisotopic (exact) mass is 288 g/mol. The fourth-order valence-electron chi connectivity index (χ4n) is 2.22. The van der Waals surface area contributed by atoms with Gasteiger partial charge in [-0.15, -0.1) is 0 Å². The first-order chi connectivity index (χ1) is 8.92. The SMILES string of the molecule is CC(C)(C)OC(=O)NOC1CN(C(=O)O)C1C(C)(C)C. The largest absolute Gasteiger partial charge is 0.465 e. The number of hydrogen-bond acceptors (Lipinski definition) is 4. The summed E-state index contributed by atoms with van der Waals surface area (Å²) in [4.78, 5) is 29.1. The highest BCUT2D eigenvalue weighted by atomic mass is 16.7. The summed E-state index contributed by atoms with van der Waals surface area (Å²) in [5.74, 6) is 0. The summed E-state index contributed by atoms with van der Waals surface area (Å²) in [6, 6.07) is -0.310. The number of hydrogen-bond donors (Lipinski definition) is 2. The van der Waals surface area contributed by atoms with Crippen LogP contribution in [0.2, 0.25) is 0 Å². The summed E-state index contributed by atoms with van der Waals surface area (Å²) < 4.78 is 5.05. The number of rotatable bonds is 2. The van der Waals surface area contributed by atoms with Crippen molar-refractivity contribution >= 4 is 12.2 Å². The zero-order valence-corrected chi connectivity index (χ0v) is 12.9. The van der Waals surface area contributed by atoms with Crippen molar-refractivity contribution in [2.24, 2.45) is 5.41 Å². The van der Waals surface area contributed by atoms with Crippen LogP contribution in [0, 0.1) is 5.41 Å². The normalized spacial score (nSPS) is 23.0. The smallest absolute Gasteiger partial charge is 0.431 e. The van der Waals surface area contributed by atoms with E-state index in [-0.39, 0.29) is 24.1 Å². The molecule has 7 heteroatoms. The lowest BCUT2D eigenvalue weighted by molar-refractivity contribution is -0.154. The van der Waals surface area contributed by atoms with Gasteiger partial charge in [-0.25, -0.2) is 9.59 Å². The highest BCUT2D eigenvalue weighted by Crippen LogP contribution is 2.35. The van der Waals surface area contributed by atoms with Crippen molar-refractivity contribution in [3.05, 3.63) is 0 Å². The van der Waals surface area contributed by atoms with Crippen molar-refractivity contribution in [1.29, 1.82) is 0 Å². The second-order valence-corrected chi connectivity index (χ2v) is 7.01. The molecule has 0 aromatic heterocycles. The summed E-state index contributed by atoms with van der Waals surface area (Å²) in [7, 11) is 0. The van der Waals surface area contributed by atoms with E-state index in [0.717, 1.165) is 0 Å². The van der Waals surface area contributed by atoms with E-state index in [1.807, 2.05) is 20.8 Å². The molecule has 1 heterocycles. The van der Waals surface area contributed by atoms with E-state index in [2.05, 4.69) is 5.48 Å². The van der Waals surface area contributed by atoms with E-state index in [4.69, 9.17) is 14.7 Å². The maximum atomic E-state index is 11.5. The van der Waals surface area contributed by atoms with E-state index in [9.17, 15) is 9.59 Å². The number of carboxylic acid groups (broad SMARTS) is 1. The summed E-state index contributed by atoms with van der Waals surface area (Å²) in [6.07, 6.45) is -2.04. The molecule has 0 radical (unpaired) electrons. The van der Waals surface area contributed by atoms with E-state index < -0.39 is 17.8 Å². The second-order valence-electron chi connectivity index (χ2n) is 7.01. The Morgan fingerprint density at radius 2 is 1.75 bits per heavy atom. The first-order valence-electron chi connectivity index (χ1n) is 6.56. The molecule has 0 aromatic rings. The Hall–Kier alpha value is -1.50. The first kappa shape index (κ1) is 16.6. The molecule has 0 aliphatic carbocycles. The fraction of sp³-hybridized carbons (Fsp3) is 0.846.